The van der Waals surface area contributed by atoms with Crippen LogP contribution in [0.3, 0.4) is 0 Å². The van der Waals surface area contributed by atoms with Crippen molar-refractivity contribution >= 4 is 5.91 Å². The van der Waals surface area contributed by atoms with Gasteiger partial charge in [-0.05, 0) is 35.7 Å². The summed E-state index contributed by atoms with van der Waals surface area (Å²) in [6.07, 6.45) is 4.11. The fraction of sp³-hybridized carbons (Fsp3) is 0.167. The first-order valence-corrected chi connectivity index (χ1v) is 10.1. The van der Waals surface area contributed by atoms with Crippen molar-refractivity contribution in [2.45, 2.75) is 19.5 Å². The van der Waals surface area contributed by atoms with Crippen molar-refractivity contribution in [1.29, 1.82) is 0 Å². The summed E-state index contributed by atoms with van der Waals surface area (Å²) in [4.78, 5) is 19.3. The van der Waals surface area contributed by atoms with Crippen LogP contribution in [0.2, 0.25) is 0 Å². The SMILES string of the molecule is O=C(c1nnn(Cc2ccccc2F)c1-c1ccncc1)N1CCc2ccccc2C1. The van der Waals surface area contributed by atoms with Gasteiger partial charge in [-0.15, -0.1) is 5.10 Å². The molecule has 0 N–H and O–H groups in total. The van der Waals surface area contributed by atoms with Crippen molar-refractivity contribution in [3.05, 3.63) is 101 Å². The molecule has 0 saturated heterocycles. The molecule has 0 bridgehead atoms. The van der Waals surface area contributed by atoms with Crippen LogP contribution in [0, 0.1) is 5.82 Å². The Bertz CT molecular complexity index is 1240. The van der Waals surface area contributed by atoms with Crippen LogP contribution in [-0.2, 0) is 19.5 Å². The van der Waals surface area contributed by atoms with Gasteiger partial charge in [-0.3, -0.25) is 9.78 Å². The van der Waals surface area contributed by atoms with Crippen LogP contribution in [0.5, 0.6) is 0 Å². The molecule has 0 spiro atoms. The van der Waals surface area contributed by atoms with E-state index in [4.69, 9.17) is 0 Å². The van der Waals surface area contributed by atoms with E-state index < -0.39 is 0 Å². The van der Waals surface area contributed by atoms with Gasteiger partial charge in [-0.1, -0.05) is 47.7 Å². The lowest BCUT2D eigenvalue weighted by atomic mass is 9.99. The molecular weight excluding hydrogens is 393 g/mol. The zero-order valence-electron chi connectivity index (χ0n) is 16.8. The van der Waals surface area contributed by atoms with Crippen LogP contribution in [-0.4, -0.2) is 37.3 Å². The van der Waals surface area contributed by atoms with E-state index in [2.05, 4.69) is 21.4 Å². The van der Waals surface area contributed by atoms with E-state index in [1.807, 2.05) is 18.2 Å². The number of carbonyl (C=O) groups excluding carboxylic acids is 1. The van der Waals surface area contributed by atoms with Gasteiger partial charge in [-0.25, -0.2) is 9.07 Å². The van der Waals surface area contributed by atoms with Crippen LogP contribution in [0.15, 0.2) is 73.1 Å². The first-order valence-electron chi connectivity index (χ1n) is 10.1. The van der Waals surface area contributed by atoms with E-state index >= 15 is 0 Å². The van der Waals surface area contributed by atoms with Gasteiger partial charge in [0.25, 0.3) is 5.91 Å². The van der Waals surface area contributed by atoms with Crippen molar-refractivity contribution in [1.82, 2.24) is 24.9 Å². The van der Waals surface area contributed by atoms with Gasteiger partial charge in [0.15, 0.2) is 5.69 Å². The molecule has 3 heterocycles. The molecule has 0 aliphatic carbocycles. The third-order valence-electron chi connectivity index (χ3n) is 5.59. The minimum Gasteiger partial charge on any atom is -0.333 e. The van der Waals surface area contributed by atoms with Gasteiger partial charge in [0.05, 0.1) is 6.54 Å². The lowest BCUT2D eigenvalue weighted by Crippen LogP contribution is -2.36. The molecule has 0 fully saturated rings. The van der Waals surface area contributed by atoms with Crippen molar-refractivity contribution in [2.24, 2.45) is 0 Å². The number of benzene rings is 2. The molecule has 6 nitrogen and oxygen atoms in total. The van der Waals surface area contributed by atoms with Crippen LogP contribution in [0.25, 0.3) is 11.3 Å². The molecule has 0 saturated carbocycles. The third kappa shape index (κ3) is 3.70. The fourth-order valence-corrected chi connectivity index (χ4v) is 3.97. The highest BCUT2D eigenvalue weighted by atomic mass is 19.1. The summed E-state index contributed by atoms with van der Waals surface area (Å²) < 4.78 is 15.8. The van der Waals surface area contributed by atoms with Crippen LogP contribution < -0.4 is 0 Å². The van der Waals surface area contributed by atoms with Gasteiger partial charge in [-0.2, -0.15) is 0 Å². The van der Waals surface area contributed by atoms with Crippen LogP contribution in [0.1, 0.15) is 27.2 Å². The van der Waals surface area contributed by atoms with Crippen LogP contribution >= 0.6 is 0 Å². The smallest absolute Gasteiger partial charge is 0.277 e. The second-order valence-corrected chi connectivity index (χ2v) is 7.52. The third-order valence-corrected chi connectivity index (χ3v) is 5.59. The van der Waals surface area contributed by atoms with E-state index in [0.29, 0.717) is 24.3 Å². The lowest BCUT2D eigenvalue weighted by Gasteiger charge is -2.28. The standard InChI is InChI=1S/C24H20FN5O/c25-21-8-4-3-7-20(21)16-30-23(18-9-12-26-13-10-18)22(27-28-30)24(31)29-14-11-17-5-1-2-6-19(17)15-29/h1-10,12-13H,11,14-16H2. The molecule has 0 atom stereocenters. The number of nitrogens with zero attached hydrogens (tertiary/aromatic N) is 5. The zero-order valence-corrected chi connectivity index (χ0v) is 16.8. The first-order chi connectivity index (χ1) is 15.2. The zero-order chi connectivity index (χ0) is 21.2. The van der Waals surface area contributed by atoms with E-state index in [-0.39, 0.29) is 24.0 Å². The summed E-state index contributed by atoms with van der Waals surface area (Å²) in [5, 5.41) is 8.45. The molecule has 2 aromatic heterocycles. The molecule has 31 heavy (non-hydrogen) atoms. The van der Waals surface area contributed by atoms with E-state index in [0.717, 1.165) is 17.5 Å². The molecule has 2 aromatic carbocycles. The Kier molecular flexibility index (Phi) is 5.00. The van der Waals surface area contributed by atoms with Crippen LogP contribution in [0.4, 0.5) is 4.39 Å². The van der Waals surface area contributed by atoms with E-state index in [1.54, 1.807) is 52.3 Å². The normalized spacial score (nSPS) is 13.1. The monoisotopic (exact) mass is 413 g/mol. The fourth-order valence-electron chi connectivity index (χ4n) is 3.97. The van der Waals surface area contributed by atoms with E-state index in [1.165, 1.54) is 11.6 Å². The van der Waals surface area contributed by atoms with Crippen molar-refractivity contribution in [3.8, 4) is 11.3 Å². The molecule has 154 valence electrons. The second-order valence-electron chi connectivity index (χ2n) is 7.52. The molecule has 1 amide bonds. The molecular formula is C24H20FN5O. The summed E-state index contributed by atoms with van der Waals surface area (Å²) >= 11 is 0. The van der Waals surface area contributed by atoms with Crippen molar-refractivity contribution < 1.29 is 9.18 Å². The Morgan fingerprint density at radius 3 is 2.52 bits per heavy atom. The Balaban J connectivity index is 1.52. The summed E-state index contributed by atoms with van der Waals surface area (Å²) in [7, 11) is 0. The molecule has 1 aliphatic rings. The maximum atomic E-state index is 14.3. The number of pyridine rings is 1. The predicted octanol–water partition coefficient (Wildman–Crippen LogP) is 3.73. The van der Waals surface area contributed by atoms with Gasteiger partial charge < -0.3 is 4.90 Å². The Labute approximate surface area is 179 Å². The van der Waals surface area contributed by atoms with Gasteiger partial charge in [0.1, 0.15) is 11.5 Å². The number of fused-ring (bicyclic) bond motifs is 1. The van der Waals surface area contributed by atoms with Gasteiger partial charge in [0, 0.05) is 36.6 Å². The minimum absolute atomic E-state index is 0.174. The summed E-state index contributed by atoms with van der Waals surface area (Å²) in [6.45, 7) is 1.32. The Hall–Kier alpha value is -3.87. The largest absolute Gasteiger partial charge is 0.333 e. The molecule has 4 aromatic rings. The number of hydrogen-bond acceptors (Lipinski definition) is 4. The molecule has 0 unspecified atom stereocenters. The lowest BCUT2D eigenvalue weighted by molar-refractivity contribution is 0.0729. The first kappa shape index (κ1) is 19.1. The highest BCUT2D eigenvalue weighted by Gasteiger charge is 2.28. The molecule has 1 aliphatic heterocycles. The summed E-state index contributed by atoms with van der Waals surface area (Å²) in [5.41, 5.74) is 4.48. The average molecular weight is 413 g/mol. The molecule has 7 heteroatoms. The van der Waals surface area contributed by atoms with Crippen molar-refractivity contribution in [3.63, 3.8) is 0 Å². The maximum Gasteiger partial charge on any atom is 0.277 e. The Morgan fingerprint density at radius 1 is 0.968 bits per heavy atom. The number of aromatic nitrogens is 4. The predicted molar refractivity (Wildman–Crippen MR) is 114 cm³/mol. The van der Waals surface area contributed by atoms with Gasteiger partial charge >= 0.3 is 0 Å². The number of carbonyl (C=O) groups is 1. The highest BCUT2D eigenvalue weighted by molar-refractivity contribution is 5.98. The molecule has 5 rings (SSSR count). The van der Waals surface area contributed by atoms with Crippen molar-refractivity contribution in [2.75, 3.05) is 6.54 Å². The summed E-state index contributed by atoms with van der Waals surface area (Å²) in [6, 6.07) is 18.3. The minimum atomic E-state index is -0.320. The second kappa shape index (κ2) is 8.10. The number of amides is 1. The highest BCUT2D eigenvalue weighted by Crippen LogP contribution is 2.26. The quantitative estimate of drug-likeness (QED) is 0.512. The number of hydrogen-bond donors (Lipinski definition) is 0. The summed E-state index contributed by atoms with van der Waals surface area (Å²) in [5.74, 6) is -0.500. The van der Waals surface area contributed by atoms with E-state index in [9.17, 15) is 9.18 Å². The Morgan fingerprint density at radius 2 is 1.71 bits per heavy atom. The van der Waals surface area contributed by atoms with Gasteiger partial charge in [0.2, 0.25) is 0 Å². The molecule has 0 radical (unpaired) electrons. The number of rotatable bonds is 4. The maximum absolute atomic E-state index is 14.3. The average Bonchev–Trinajstić information content (AvgIpc) is 3.24. The topological polar surface area (TPSA) is 63.9 Å². The number of halogens is 1.